The van der Waals surface area contributed by atoms with Crippen molar-refractivity contribution in [3.63, 3.8) is 0 Å². The van der Waals surface area contributed by atoms with E-state index in [1.165, 1.54) is 25.8 Å². The third-order valence-electron chi connectivity index (χ3n) is 5.27. The molecule has 0 aromatic rings. The summed E-state index contributed by atoms with van der Waals surface area (Å²) in [6, 6.07) is 0.969. The minimum atomic E-state index is 0.259. The molecule has 4 heteroatoms. The lowest BCUT2D eigenvalue weighted by atomic mass is 9.85. The molecule has 2 aliphatic heterocycles. The van der Waals surface area contributed by atoms with Crippen LogP contribution in [0, 0.1) is 5.92 Å². The highest BCUT2D eigenvalue weighted by molar-refractivity contribution is 5.79. The molecule has 0 radical (unpaired) electrons. The number of nitrogens with zero attached hydrogens (tertiary/aromatic N) is 2. The standard InChI is InChI=1S/C15H27N3O/c16-13-6-4-12(5-7-13)15(19)18-10-9-17-8-2-1-3-14(17)11-18/h12-14H,1-11,16H2. The Bertz CT molecular complexity index is 325. The monoisotopic (exact) mass is 265 g/mol. The van der Waals surface area contributed by atoms with Gasteiger partial charge >= 0.3 is 0 Å². The van der Waals surface area contributed by atoms with Crippen LogP contribution in [0.5, 0.6) is 0 Å². The molecule has 1 unspecified atom stereocenters. The van der Waals surface area contributed by atoms with Gasteiger partial charge in [-0.3, -0.25) is 9.69 Å². The van der Waals surface area contributed by atoms with Crippen molar-refractivity contribution in [3.8, 4) is 0 Å². The highest BCUT2D eigenvalue weighted by atomic mass is 16.2. The summed E-state index contributed by atoms with van der Waals surface area (Å²) in [4.78, 5) is 17.3. The summed E-state index contributed by atoms with van der Waals surface area (Å²) in [5.74, 6) is 0.673. The number of amides is 1. The largest absolute Gasteiger partial charge is 0.340 e. The second-order valence-corrected chi connectivity index (χ2v) is 6.58. The number of hydrogen-bond acceptors (Lipinski definition) is 3. The van der Waals surface area contributed by atoms with Gasteiger partial charge in [-0.25, -0.2) is 0 Å². The van der Waals surface area contributed by atoms with E-state index >= 15 is 0 Å². The summed E-state index contributed by atoms with van der Waals surface area (Å²) in [5.41, 5.74) is 5.93. The second kappa shape index (κ2) is 5.80. The van der Waals surface area contributed by atoms with Gasteiger partial charge in [-0.05, 0) is 45.1 Å². The van der Waals surface area contributed by atoms with Gasteiger partial charge in [-0.1, -0.05) is 6.42 Å². The van der Waals surface area contributed by atoms with Crippen LogP contribution >= 0.6 is 0 Å². The number of carbonyl (C=O) groups is 1. The molecular weight excluding hydrogens is 238 g/mol. The van der Waals surface area contributed by atoms with Crippen LogP contribution < -0.4 is 5.73 Å². The van der Waals surface area contributed by atoms with Gasteiger partial charge in [-0.2, -0.15) is 0 Å². The first-order valence-corrected chi connectivity index (χ1v) is 8.02. The predicted octanol–water partition coefficient (Wildman–Crippen LogP) is 1.20. The van der Waals surface area contributed by atoms with Gasteiger partial charge in [0.1, 0.15) is 0 Å². The number of nitrogens with two attached hydrogens (primary N) is 1. The predicted molar refractivity (Wildman–Crippen MR) is 75.7 cm³/mol. The number of fused-ring (bicyclic) bond motifs is 1. The van der Waals surface area contributed by atoms with E-state index < -0.39 is 0 Å². The minimum absolute atomic E-state index is 0.259. The lowest BCUT2D eigenvalue weighted by Crippen LogP contribution is -2.57. The Hall–Kier alpha value is -0.610. The maximum atomic E-state index is 12.6. The van der Waals surface area contributed by atoms with Gasteiger partial charge in [0.15, 0.2) is 0 Å². The molecule has 2 saturated heterocycles. The SMILES string of the molecule is NC1CCC(C(=O)N2CCN3CCCCC3C2)CC1. The molecular formula is C15H27N3O. The fraction of sp³-hybridized carbons (Fsp3) is 0.933. The topological polar surface area (TPSA) is 49.6 Å². The molecule has 4 nitrogen and oxygen atoms in total. The van der Waals surface area contributed by atoms with Crippen molar-refractivity contribution < 1.29 is 4.79 Å². The second-order valence-electron chi connectivity index (χ2n) is 6.58. The van der Waals surface area contributed by atoms with Crippen LogP contribution in [-0.2, 0) is 4.79 Å². The number of carbonyl (C=O) groups excluding carboxylic acids is 1. The average molecular weight is 265 g/mol. The molecule has 19 heavy (non-hydrogen) atoms. The van der Waals surface area contributed by atoms with E-state index in [4.69, 9.17) is 5.73 Å². The van der Waals surface area contributed by atoms with Gasteiger partial charge in [0.05, 0.1) is 0 Å². The number of piperazine rings is 1. The molecule has 108 valence electrons. The van der Waals surface area contributed by atoms with Crippen molar-refractivity contribution in [3.05, 3.63) is 0 Å². The lowest BCUT2D eigenvalue weighted by Gasteiger charge is -2.45. The molecule has 0 aromatic carbocycles. The zero-order valence-electron chi connectivity index (χ0n) is 11.9. The molecule has 3 rings (SSSR count). The number of hydrogen-bond donors (Lipinski definition) is 1. The summed E-state index contributed by atoms with van der Waals surface area (Å²) >= 11 is 0. The smallest absolute Gasteiger partial charge is 0.225 e. The van der Waals surface area contributed by atoms with E-state index in [9.17, 15) is 4.79 Å². The van der Waals surface area contributed by atoms with Gasteiger partial charge in [0, 0.05) is 37.6 Å². The van der Waals surface area contributed by atoms with Gasteiger partial charge in [-0.15, -0.1) is 0 Å². The number of piperidine rings is 1. The van der Waals surface area contributed by atoms with E-state index in [1.807, 2.05) is 0 Å². The van der Waals surface area contributed by atoms with Crippen LogP contribution in [0.2, 0.25) is 0 Å². The van der Waals surface area contributed by atoms with Crippen molar-refractivity contribution in [2.75, 3.05) is 26.2 Å². The fourth-order valence-electron chi connectivity index (χ4n) is 3.98. The Morgan fingerprint density at radius 3 is 2.53 bits per heavy atom. The summed E-state index contributed by atoms with van der Waals surface area (Å²) in [6.07, 6.45) is 8.02. The van der Waals surface area contributed by atoms with Crippen molar-refractivity contribution in [2.45, 2.75) is 57.0 Å². The molecule has 1 amide bonds. The Balaban J connectivity index is 1.55. The Morgan fingerprint density at radius 1 is 0.947 bits per heavy atom. The van der Waals surface area contributed by atoms with E-state index in [2.05, 4.69) is 9.80 Å². The maximum Gasteiger partial charge on any atom is 0.225 e. The van der Waals surface area contributed by atoms with Crippen LogP contribution in [0.1, 0.15) is 44.9 Å². The summed E-state index contributed by atoms with van der Waals surface area (Å²) in [6.45, 7) is 4.24. The first-order chi connectivity index (χ1) is 9.24. The van der Waals surface area contributed by atoms with Crippen molar-refractivity contribution in [1.29, 1.82) is 0 Å². The summed E-state index contributed by atoms with van der Waals surface area (Å²) in [5, 5.41) is 0. The molecule has 1 atom stereocenters. The highest BCUT2D eigenvalue weighted by Gasteiger charge is 2.34. The van der Waals surface area contributed by atoms with Gasteiger partial charge < -0.3 is 10.6 Å². The first kappa shape index (κ1) is 13.4. The molecule has 0 spiro atoms. The third-order valence-corrected chi connectivity index (χ3v) is 5.27. The van der Waals surface area contributed by atoms with E-state index in [0.29, 0.717) is 18.0 Å². The molecule has 1 saturated carbocycles. The molecule has 3 fully saturated rings. The lowest BCUT2D eigenvalue weighted by molar-refractivity contribution is -0.140. The molecule has 0 aromatic heterocycles. The van der Waals surface area contributed by atoms with Gasteiger partial charge in [0.2, 0.25) is 5.91 Å². The Kier molecular flexibility index (Phi) is 4.08. The van der Waals surface area contributed by atoms with E-state index in [1.54, 1.807) is 0 Å². The molecule has 2 heterocycles. The zero-order chi connectivity index (χ0) is 13.2. The first-order valence-electron chi connectivity index (χ1n) is 8.02. The highest BCUT2D eigenvalue weighted by Crippen LogP contribution is 2.27. The quantitative estimate of drug-likeness (QED) is 0.775. The Labute approximate surface area is 116 Å². The number of rotatable bonds is 1. The van der Waals surface area contributed by atoms with Crippen LogP contribution in [-0.4, -0.2) is 54.0 Å². The third kappa shape index (κ3) is 2.95. The van der Waals surface area contributed by atoms with Crippen LogP contribution in [0.4, 0.5) is 0 Å². The Morgan fingerprint density at radius 2 is 1.74 bits per heavy atom. The van der Waals surface area contributed by atoms with Gasteiger partial charge in [0.25, 0.3) is 0 Å². The average Bonchev–Trinajstić information content (AvgIpc) is 2.47. The minimum Gasteiger partial charge on any atom is -0.340 e. The van der Waals surface area contributed by atoms with Crippen LogP contribution in [0.15, 0.2) is 0 Å². The van der Waals surface area contributed by atoms with Crippen molar-refractivity contribution in [2.24, 2.45) is 11.7 Å². The summed E-state index contributed by atoms with van der Waals surface area (Å²) < 4.78 is 0. The normalized spacial score (nSPS) is 36.9. The van der Waals surface area contributed by atoms with E-state index in [-0.39, 0.29) is 5.92 Å². The molecule has 2 N–H and O–H groups in total. The van der Waals surface area contributed by atoms with Crippen molar-refractivity contribution in [1.82, 2.24) is 9.80 Å². The zero-order valence-corrected chi connectivity index (χ0v) is 11.9. The van der Waals surface area contributed by atoms with Crippen molar-refractivity contribution >= 4 is 5.91 Å². The van der Waals surface area contributed by atoms with Crippen LogP contribution in [0.25, 0.3) is 0 Å². The summed E-state index contributed by atoms with van der Waals surface area (Å²) in [7, 11) is 0. The van der Waals surface area contributed by atoms with E-state index in [0.717, 1.165) is 45.3 Å². The molecule has 3 aliphatic rings. The fourth-order valence-corrected chi connectivity index (χ4v) is 3.98. The maximum absolute atomic E-state index is 12.6. The molecule has 1 aliphatic carbocycles. The van der Waals surface area contributed by atoms with Crippen LogP contribution in [0.3, 0.4) is 0 Å². The molecule has 0 bridgehead atoms.